The van der Waals surface area contributed by atoms with Crippen molar-refractivity contribution >= 4 is 24.0 Å². The molecule has 0 N–H and O–H groups in total. The summed E-state index contributed by atoms with van der Waals surface area (Å²) >= 11 is 0. The standard InChI is InChI=1S/C29H40NSi/c1-21-13-14-23(22-11-9-8-10-12-22)20-27(21)28-26-16-15-25(31(6,7)29(2,3)4)19-24(26)17-18-30(28)5/h13-20,22H,8-12H2,1-7H3/q+1. The third-order valence-electron chi connectivity index (χ3n) is 8.33. The smallest absolute Gasteiger partial charge is 0.200 e. The van der Waals surface area contributed by atoms with Crippen LogP contribution < -0.4 is 9.75 Å². The fraction of sp³-hybridized carbons (Fsp3) is 0.483. The van der Waals surface area contributed by atoms with Gasteiger partial charge < -0.3 is 0 Å². The van der Waals surface area contributed by atoms with Gasteiger partial charge in [-0.15, -0.1) is 0 Å². The summed E-state index contributed by atoms with van der Waals surface area (Å²) in [6, 6.07) is 16.8. The second-order valence-electron chi connectivity index (χ2n) is 11.4. The fourth-order valence-corrected chi connectivity index (χ4v) is 7.00. The number of pyridine rings is 1. The topological polar surface area (TPSA) is 3.88 Å². The zero-order valence-corrected chi connectivity index (χ0v) is 21.7. The van der Waals surface area contributed by atoms with Crippen LogP contribution in [0.3, 0.4) is 0 Å². The maximum atomic E-state index is 2.51. The summed E-state index contributed by atoms with van der Waals surface area (Å²) in [5.41, 5.74) is 5.66. The highest BCUT2D eigenvalue weighted by molar-refractivity contribution is 6.92. The van der Waals surface area contributed by atoms with Gasteiger partial charge in [0.25, 0.3) is 0 Å². The molecule has 1 heterocycles. The molecule has 0 radical (unpaired) electrons. The zero-order chi connectivity index (χ0) is 22.4. The van der Waals surface area contributed by atoms with Crippen LogP contribution in [-0.2, 0) is 7.05 Å². The summed E-state index contributed by atoms with van der Waals surface area (Å²) in [6.45, 7) is 14.5. The molecule has 1 fully saturated rings. The normalized spacial score (nSPS) is 16.1. The van der Waals surface area contributed by atoms with Gasteiger partial charge in [0, 0.05) is 11.6 Å². The Hall–Kier alpha value is -1.93. The van der Waals surface area contributed by atoms with Crippen molar-refractivity contribution in [3.63, 3.8) is 0 Å². The van der Waals surface area contributed by atoms with E-state index in [1.165, 1.54) is 65.3 Å². The van der Waals surface area contributed by atoms with E-state index in [1.807, 2.05) is 0 Å². The molecule has 0 atom stereocenters. The van der Waals surface area contributed by atoms with E-state index in [0.717, 1.165) is 5.92 Å². The molecule has 3 aromatic rings. The molecule has 1 aliphatic carbocycles. The van der Waals surface area contributed by atoms with Gasteiger partial charge in [0.1, 0.15) is 7.05 Å². The van der Waals surface area contributed by atoms with E-state index in [1.54, 1.807) is 5.19 Å². The summed E-state index contributed by atoms with van der Waals surface area (Å²) in [5.74, 6) is 0.735. The molecule has 1 saturated carbocycles. The molecule has 0 saturated heterocycles. The van der Waals surface area contributed by atoms with Crippen LogP contribution in [0.5, 0.6) is 0 Å². The molecule has 4 rings (SSSR count). The quantitative estimate of drug-likeness (QED) is 0.301. The molecule has 1 aromatic heterocycles. The molecule has 0 bridgehead atoms. The Morgan fingerprint density at radius 3 is 2.29 bits per heavy atom. The second-order valence-corrected chi connectivity index (χ2v) is 16.7. The van der Waals surface area contributed by atoms with E-state index >= 15 is 0 Å². The van der Waals surface area contributed by atoms with Gasteiger partial charge in [-0.1, -0.05) is 82.6 Å². The van der Waals surface area contributed by atoms with Crippen molar-refractivity contribution in [3.05, 3.63) is 59.8 Å². The molecule has 164 valence electrons. The number of fused-ring (bicyclic) bond motifs is 1. The van der Waals surface area contributed by atoms with Crippen LogP contribution in [0.1, 0.15) is 69.9 Å². The molecule has 0 unspecified atom stereocenters. The van der Waals surface area contributed by atoms with Gasteiger partial charge in [-0.3, -0.25) is 0 Å². The first-order valence-electron chi connectivity index (χ1n) is 12.1. The highest BCUT2D eigenvalue weighted by Gasteiger charge is 2.37. The maximum Gasteiger partial charge on any atom is 0.220 e. The molecular weight excluding hydrogens is 390 g/mol. The van der Waals surface area contributed by atoms with Gasteiger partial charge in [-0.05, 0) is 59.4 Å². The number of hydrogen-bond donors (Lipinski definition) is 0. The zero-order valence-electron chi connectivity index (χ0n) is 20.7. The van der Waals surface area contributed by atoms with Crippen LogP contribution in [0.4, 0.5) is 0 Å². The van der Waals surface area contributed by atoms with E-state index < -0.39 is 8.07 Å². The van der Waals surface area contributed by atoms with E-state index in [9.17, 15) is 0 Å². The lowest BCUT2D eigenvalue weighted by atomic mass is 9.82. The van der Waals surface area contributed by atoms with Crippen LogP contribution in [0, 0.1) is 6.92 Å². The summed E-state index contributed by atoms with van der Waals surface area (Å²) < 4.78 is 2.32. The lowest BCUT2D eigenvalue weighted by molar-refractivity contribution is -0.659. The fourth-order valence-electron chi connectivity index (χ4n) is 5.11. The van der Waals surface area contributed by atoms with Gasteiger partial charge in [-0.25, -0.2) is 4.57 Å². The Bertz CT molecular complexity index is 1100. The molecular formula is C29H40NSi+. The predicted molar refractivity (Wildman–Crippen MR) is 138 cm³/mol. The molecule has 2 heteroatoms. The Morgan fingerprint density at radius 1 is 0.903 bits per heavy atom. The van der Waals surface area contributed by atoms with Crippen molar-refractivity contribution < 1.29 is 4.57 Å². The lowest BCUT2D eigenvalue weighted by Crippen LogP contribution is -2.49. The number of aryl methyl sites for hydroxylation is 2. The number of nitrogens with zero attached hydrogens (tertiary/aromatic N) is 1. The van der Waals surface area contributed by atoms with Crippen molar-refractivity contribution in [2.45, 2.75) is 83.8 Å². The summed E-state index contributed by atoms with van der Waals surface area (Å²) in [4.78, 5) is 0. The average molecular weight is 431 g/mol. The van der Waals surface area contributed by atoms with Gasteiger partial charge >= 0.3 is 0 Å². The van der Waals surface area contributed by atoms with Crippen molar-refractivity contribution in [2.75, 3.05) is 0 Å². The minimum Gasteiger partial charge on any atom is -0.200 e. The monoisotopic (exact) mass is 430 g/mol. The number of hydrogen-bond acceptors (Lipinski definition) is 0. The minimum absolute atomic E-state index is 0.341. The van der Waals surface area contributed by atoms with Crippen LogP contribution >= 0.6 is 0 Å². The van der Waals surface area contributed by atoms with E-state index in [4.69, 9.17) is 0 Å². The minimum atomic E-state index is -1.56. The van der Waals surface area contributed by atoms with Crippen molar-refractivity contribution in [1.82, 2.24) is 0 Å². The first kappa shape index (κ1) is 22.3. The third kappa shape index (κ3) is 4.12. The van der Waals surface area contributed by atoms with Crippen LogP contribution in [0.2, 0.25) is 18.1 Å². The largest absolute Gasteiger partial charge is 0.220 e. The van der Waals surface area contributed by atoms with E-state index in [2.05, 4.69) is 101 Å². The van der Waals surface area contributed by atoms with Crippen LogP contribution in [-0.4, -0.2) is 8.07 Å². The Morgan fingerprint density at radius 2 is 1.61 bits per heavy atom. The van der Waals surface area contributed by atoms with Gasteiger partial charge in [0.05, 0.1) is 13.5 Å². The van der Waals surface area contributed by atoms with Gasteiger partial charge in [-0.2, -0.15) is 0 Å². The van der Waals surface area contributed by atoms with Crippen molar-refractivity contribution in [2.24, 2.45) is 7.05 Å². The van der Waals surface area contributed by atoms with E-state index in [0.29, 0.717) is 5.04 Å². The molecule has 1 nitrogen and oxygen atoms in total. The number of rotatable bonds is 3. The highest BCUT2D eigenvalue weighted by Crippen LogP contribution is 2.38. The second kappa shape index (κ2) is 8.20. The SMILES string of the molecule is Cc1ccc(C2CCCCC2)cc1-c1c2ccc([Si](C)(C)C(C)(C)C)cc2cc[n+]1C. The Labute approximate surface area is 190 Å². The molecule has 2 aromatic carbocycles. The average Bonchev–Trinajstić information content (AvgIpc) is 2.74. The molecule has 0 amide bonds. The molecule has 1 aliphatic rings. The van der Waals surface area contributed by atoms with Crippen LogP contribution in [0.25, 0.3) is 22.0 Å². The van der Waals surface area contributed by atoms with Crippen LogP contribution in [0.15, 0.2) is 48.7 Å². The van der Waals surface area contributed by atoms with E-state index in [-0.39, 0.29) is 0 Å². The molecule has 0 spiro atoms. The number of aromatic nitrogens is 1. The van der Waals surface area contributed by atoms with Crippen molar-refractivity contribution in [3.8, 4) is 11.3 Å². The summed E-state index contributed by atoms with van der Waals surface area (Å²) in [5, 5.41) is 4.64. The lowest BCUT2D eigenvalue weighted by Gasteiger charge is -2.37. The van der Waals surface area contributed by atoms with Gasteiger partial charge in [0.2, 0.25) is 5.69 Å². The molecule has 0 aliphatic heterocycles. The predicted octanol–water partition coefficient (Wildman–Crippen LogP) is 7.40. The maximum absolute atomic E-state index is 2.51. The summed E-state index contributed by atoms with van der Waals surface area (Å²) in [7, 11) is 0.640. The summed E-state index contributed by atoms with van der Waals surface area (Å²) in [6.07, 6.45) is 9.11. The number of benzene rings is 2. The van der Waals surface area contributed by atoms with Gasteiger partial charge in [0.15, 0.2) is 6.20 Å². The Kier molecular flexibility index (Phi) is 5.89. The first-order valence-corrected chi connectivity index (χ1v) is 15.1. The Balaban J connectivity index is 1.85. The first-order chi connectivity index (χ1) is 14.6. The highest BCUT2D eigenvalue weighted by atomic mass is 28.3. The van der Waals surface area contributed by atoms with Crippen molar-refractivity contribution in [1.29, 1.82) is 0 Å². The third-order valence-corrected chi connectivity index (χ3v) is 13.8. The molecule has 31 heavy (non-hydrogen) atoms.